The molecule has 4 heteroatoms. The van der Waals surface area contributed by atoms with Gasteiger partial charge in [0.05, 0.1) is 26.4 Å². The Morgan fingerprint density at radius 3 is 2.50 bits per heavy atom. The minimum atomic E-state index is -0.397. The quantitative estimate of drug-likeness (QED) is 0.829. The summed E-state index contributed by atoms with van der Waals surface area (Å²) in [7, 11) is 1.66. The minimum Gasteiger partial charge on any atom is -0.497 e. The number of benzene rings is 1. The molecule has 1 fully saturated rings. The number of rotatable bonds is 7. The highest BCUT2D eigenvalue weighted by molar-refractivity contribution is 5.26. The smallest absolute Gasteiger partial charge is 0.118 e. The van der Waals surface area contributed by atoms with Crippen molar-refractivity contribution in [1.29, 1.82) is 0 Å². The third kappa shape index (κ3) is 5.12. The number of piperidine rings is 1. The molecule has 0 unspecified atom stereocenters. The molecule has 1 atom stereocenters. The summed E-state index contributed by atoms with van der Waals surface area (Å²) in [6.07, 6.45) is 3.42. The van der Waals surface area contributed by atoms with E-state index in [1.165, 1.54) is 19.3 Å². The highest BCUT2D eigenvalue weighted by Gasteiger charge is 2.14. The Hall–Kier alpha value is -1.10. The molecule has 112 valence electrons. The number of nitrogens with zero attached hydrogens (tertiary/aromatic N) is 1. The van der Waals surface area contributed by atoms with Crippen LogP contribution in [-0.2, 0) is 11.3 Å². The van der Waals surface area contributed by atoms with Crippen LogP contribution in [0.5, 0.6) is 5.75 Å². The van der Waals surface area contributed by atoms with E-state index >= 15 is 0 Å². The fourth-order valence-corrected chi connectivity index (χ4v) is 2.53. The van der Waals surface area contributed by atoms with Crippen LogP contribution in [0.15, 0.2) is 24.3 Å². The zero-order chi connectivity index (χ0) is 14.2. The third-order valence-corrected chi connectivity index (χ3v) is 3.66. The van der Waals surface area contributed by atoms with Crippen molar-refractivity contribution in [3.63, 3.8) is 0 Å². The normalized spacial score (nSPS) is 17.9. The van der Waals surface area contributed by atoms with E-state index in [-0.39, 0.29) is 0 Å². The van der Waals surface area contributed by atoms with Crippen molar-refractivity contribution >= 4 is 0 Å². The van der Waals surface area contributed by atoms with Gasteiger partial charge in [0, 0.05) is 6.54 Å². The topological polar surface area (TPSA) is 41.9 Å². The van der Waals surface area contributed by atoms with Crippen LogP contribution in [0.25, 0.3) is 0 Å². The molecule has 1 aliphatic heterocycles. The van der Waals surface area contributed by atoms with Gasteiger partial charge < -0.3 is 19.5 Å². The van der Waals surface area contributed by atoms with Crippen LogP contribution in [0, 0.1) is 0 Å². The first-order chi connectivity index (χ1) is 9.78. The summed E-state index contributed by atoms with van der Waals surface area (Å²) < 4.78 is 10.7. The molecule has 2 rings (SSSR count). The second kappa shape index (κ2) is 8.25. The number of methoxy groups -OCH3 is 1. The Balaban J connectivity index is 1.63. The van der Waals surface area contributed by atoms with E-state index in [1.807, 2.05) is 24.3 Å². The van der Waals surface area contributed by atoms with Crippen molar-refractivity contribution in [1.82, 2.24) is 4.90 Å². The Labute approximate surface area is 121 Å². The molecule has 1 heterocycles. The molecule has 1 aliphatic rings. The summed E-state index contributed by atoms with van der Waals surface area (Å²) in [5.74, 6) is 0.846. The van der Waals surface area contributed by atoms with Gasteiger partial charge in [0.1, 0.15) is 5.75 Å². The van der Waals surface area contributed by atoms with Gasteiger partial charge in [-0.3, -0.25) is 0 Å². The molecule has 4 nitrogen and oxygen atoms in total. The first kappa shape index (κ1) is 15.3. The van der Waals surface area contributed by atoms with Gasteiger partial charge in [0.2, 0.25) is 0 Å². The van der Waals surface area contributed by atoms with Crippen molar-refractivity contribution < 1.29 is 14.6 Å². The van der Waals surface area contributed by atoms with Crippen molar-refractivity contribution in [3.05, 3.63) is 29.8 Å². The second-order valence-electron chi connectivity index (χ2n) is 5.38. The molecule has 0 saturated carbocycles. The van der Waals surface area contributed by atoms with Gasteiger partial charge in [-0.05, 0) is 43.6 Å². The first-order valence-corrected chi connectivity index (χ1v) is 7.39. The maximum absolute atomic E-state index is 9.97. The maximum Gasteiger partial charge on any atom is 0.118 e. The molecule has 1 aromatic rings. The van der Waals surface area contributed by atoms with Crippen LogP contribution in [0.2, 0.25) is 0 Å². The van der Waals surface area contributed by atoms with Crippen molar-refractivity contribution in [2.24, 2.45) is 0 Å². The zero-order valence-corrected chi connectivity index (χ0v) is 12.3. The first-order valence-electron chi connectivity index (χ1n) is 7.39. The van der Waals surface area contributed by atoms with Gasteiger partial charge in [-0.15, -0.1) is 0 Å². The van der Waals surface area contributed by atoms with E-state index in [0.717, 1.165) is 30.9 Å². The van der Waals surface area contributed by atoms with Gasteiger partial charge in [-0.25, -0.2) is 0 Å². The van der Waals surface area contributed by atoms with Crippen LogP contribution < -0.4 is 4.74 Å². The average molecular weight is 279 g/mol. The van der Waals surface area contributed by atoms with E-state index in [4.69, 9.17) is 9.47 Å². The molecule has 20 heavy (non-hydrogen) atoms. The molecular weight excluding hydrogens is 254 g/mol. The predicted octanol–water partition coefficient (Wildman–Crippen LogP) is 2.06. The lowest BCUT2D eigenvalue weighted by atomic mass is 10.1. The highest BCUT2D eigenvalue weighted by Crippen LogP contribution is 2.12. The summed E-state index contributed by atoms with van der Waals surface area (Å²) in [5, 5.41) is 9.97. The van der Waals surface area contributed by atoms with E-state index in [1.54, 1.807) is 7.11 Å². The summed E-state index contributed by atoms with van der Waals surface area (Å²) >= 11 is 0. The largest absolute Gasteiger partial charge is 0.497 e. The number of aliphatic hydroxyl groups excluding tert-OH is 1. The Bertz CT molecular complexity index is 374. The second-order valence-corrected chi connectivity index (χ2v) is 5.38. The number of aliphatic hydroxyl groups is 1. The molecule has 0 radical (unpaired) electrons. The molecule has 1 saturated heterocycles. The minimum absolute atomic E-state index is 0.391. The number of hydrogen-bond acceptors (Lipinski definition) is 4. The lowest BCUT2D eigenvalue weighted by Gasteiger charge is -2.28. The van der Waals surface area contributed by atoms with Crippen LogP contribution >= 0.6 is 0 Å². The van der Waals surface area contributed by atoms with Gasteiger partial charge in [0.25, 0.3) is 0 Å². The van der Waals surface area contributed by atoms with Gasteiger partial charge in [-0.2, -0.15) is 0 Å². The lowest BCUT2D eigenvalue weighted by Crippen LogP contribution is -2.38. The lowest BCUT2D eigenvalue weighted by molar-refractivity contribution is 0.00712. The Morgan fingerprint density at radius 2 is 1.85 bits per heavy atom. The van der Waals surface area contributed by atoms with Crippen LogP contribution in [0.1, 0.15) is 24.8 Å². The zero-order valence-electron chi connectivity index (χ0n) is 12.3. The predicted molar refractivity (Wildman–Crippen MR) is 78.9 cm³/mol. The fourth-order valence-electron chi connectivity index (χ4n) is 2.53. The number of likely N-dealkylation sites (tertiary alicyclic amines) is 1. The van der Waals surface area contributed by atoms with E-state index in [9.17, 15) is 5.11 Å². The van der Waals surface area contributed by atoms with Gasteiger partial charge in [0.15, 0.2) is 0 Å². The molecule has 0 amide bonds. The Kier molecular flexibility index (Phi) is 6.30. The van der Waals surface area contributed by atoms with E-state index in [2.05, 4.69) is 4.90 Å². The van der Waals surface area contributed by atoms with E-state index < -0.39 is 6.10 Å². The van der Waals surface area contributed by atoms with Gasteiger partial charge >= 0.3 is 0 Å². The highest BCUT2D eigenvalue weighted by atomic mass is 16.5. The van der Waals surface area contributed by atoms with Crippen molar-refractivity contribution in [2.75, 3.05) is 33.4 Å². The SMILES string of the molecule is COc1ccc(COC[C@@H](O)CN2CCCCC2)cc1. The average Bonchev–Trinajstić information content (AvgIpc) is 2.49. The number of hydrogen-bond donors (Lipinski definition) is 1. The molecule has 1 N–H and O–H groups in total. The summed E-state index contributed by atoms with van der Waals surface area (Å²) in [6.45, 7) is 3.86. The van der Waals surface area contributed by atoms with E-state index in [0.29, 0.717) is 13.2 Å². The molecular formula is C16H25NO3. The molecule has 0 bridgehead atoms. The summed E-state index contributed by atoms with van der Waals surface area (Å²) in [6, 6.07) is 7.80. The Morgan fingerprint density at radius 1 is 1.15 bits per heavy atom. The van der Waals surface area contributed by atoms with Crippen LogP contribution in [0.4, 0.5) is 0 Å². The molecule has 0 spiro atoms. The van der Waals surface area contributed by atoms with Crippen molar-refractivity contribution in [3.8, 4) is 5.75 Å². The van der Waals surface area contributed by atoms with Crippen LogP contribution in [0.3, 0.4) is 0 Å². The maximum atomic E-state index is 9.97. The number of β-amino-alcohol motifs (C(OH)–C–C–N with tert-alkyl or cyclic N) is 1. The number of ether oxygens (including phenoxy) is 2. The summed E-state index contributed by atoms with van der Waals surface area (Å²) in [4.78, 5) is 2.32. The van der Waals surface area contributed by atoms with Crippen LogP contribution in [-0.4, -0.2) is 49.5 Å². The molecule has 0 aliphatic carbocycles. The fraction of sp³-hybridized carbons (Fsp3) is 0.625. The van der Waals surface area contributed by atoms with Crippen molar-refractivity contribution in [2.45, 2.75) is 32.0 Å². The standard InChI is InChI=1S/C16H25NO3/c1-19-16-7-5-14(6-8-16)12-20-13-15(18)11-17-9-3-2-4-10-17/h5-8,15,18H,2-4,9-13H2,1H3/t15-/m0/s1. The third-order valence-electron chi connectivity index (χ3n) is 3.66. The summed E-state index contributed by atoms with van der Waals surface area (Å²) in [5.41, 5.74) is 1.09. The molecule has 0 aromatic heterocycles. The monoisotopic (exact) mass is 279 g/mol. The van der Waals surface area contributed by atoms with Gasteiger partial charge in [-0.1, -0.05) is 18.6 Å². The molecule has 1 aromatic carbocycles.